The largest absolute Gasteiger partial charge is 0.467 e. The van der Waals surface area contributed by atoms with E-state index in [-0.39, 0.29) is 5.91 Å². The number of nitrogens with one attached hydrogen (secondary N) is 1. The Morgan fingerprint density at radius 1 is 1.47 bits per heavy atom. The van der Waals surface area contributed by atoms with Gasteiger partial charge in [0.2, 0.25) is 5.91 Å². The Morgan fingerprint density at radius 3 is 2.89 bits per heavy atom. The summed E-state index contributed by atoms with van der Waals surface area (Å²) in [5.74, 6) is 1.15. The summed E-state index contributed by atoms with van der Waals surface area (Å²) in [6, 6.07) is 4.24. The summed E-state index contributed by atoms with van der Waals surface area (Å²) in [5.41, 5.74) is 0. The highest BCUT2D eigenvalue weighted by atomic mass is 16.3. The van der Waals surface area contributed by atoms with Crippen LogP contribution in [0.5, 0.6) is 0 Å². The lowest BCUT2D eigenvalue weighted by molar-refractivity contribution is -0.134. The van der Waals surface area contributed by atoms with Crippen molar-refractivity contribution < 1.29 is 9.21 Å². The maximum atomic E-state index is 12.4. The van der Waals surface area contributed by atoms with Crippen LogP contribution in [0, 0.1) is 0 Å². The van der Waals surface area contributed by atoms with Gasteiger partial charge in [0, 0.05) is 12.5 Å². The smallest absolute Gasteiger partial charge is 0.223 e. The van der Waals surface area contributed by atoms with Gasteiger partial charge in [-0.15, -0.1) is 0 Å². The van der Waals surface area contributed by atoms with Crippen molar-refractivity contribution in [2.24, 2.45) is 0 Å². The number of rotatable bonds is 7. The minimum atomic E-state index is 0.263. The van der Waals surface area contributed by atoms with Crippen LogP contribution in [0.3, 0.4) is 0 Å². The van der Waals surface area contributed by atoms with E-state index in [0.29, 0.717) is 19.0 Å². The number of amides is 1. The van der Waals surface area contributed by atoms with Crippen LogP contribution < -0.4 is 5.32 Å². The Kier molecular flexibility index (Phi) is 5.45. The van der Waals surface area contributed by atoms with Crippen LogP contribution in [0.2, 0.25) is 0 Å². The predicted molar refractivity (Wildman–Crippen MR) is 74.7 cm³/mol. The molecule has 1 aromatic heterocycles. The third-order valence-corrected chi connectivity index (χ3v) is 3.81. The quantitative estimate of drug-likeness (QED) is 0.770. The Hall–Kier alpha value is -1.29. The van der Waals surface area contributed by atoms with E-state index in [2.05, 4.69) is 5.32 Å². The van der Waals surface area contributed by atoms with Crippen molar-refractivity contribution in [2.75, 3.05) is 13.6 Å². The number of nitrogens with zero attached hydrogens (tertiary/aromatic N) is 1. The second kappa shape index (κ2) is 7.34. The molecule has 19 heavy (non-hydrogen) atoms. The zero-order chi connectivity index (χ0) is 13.5. The van der Waals surface area contributed by atoms with E-state index in [1.54, 1.807) is 6.26 Å². The van der Waals surface area contributed by atoms with E-state index in [0.717, 1.165) is 31.6 Å². The molecule has 0 atom stereocenters. The highest BCUT2D eigenvalue weighted by Crippen LogP contribution is 2.25. The molecule has 1 saturated carbocycles. The molecule has 0 radical (unpaired) electrons. The summed E-state index contributed by atoms with van der Waals surface area (Å²) >= 11 is 0. The molecule has 1 aromatic rings. The average molecular weight is 264 g/mol. The van der Waals surface area contributed by atoms with E-state index in [9.17, 15) is 4.79 Å². The molecular formula is C15H24N2O2. The summed E-state index contributed by atoms with van der Waals surface area (Å²) in [6.07, 6.45) is 7.95. The van der Waals surface area contributed by atoms with Gasteiger partial charge < -0.3 is 14.6 Å². The first-order valence-corrected chi connectivity index (χ1v) is 7.27. The molecular weight excluding hydrogens is 240 g/mol. The van der Waals surface area contributed by atoms with Gasteiger partial charge >= 0.3 is 0 Å². The molecule has 0 unspecified atom stereocenters. The molecule has 0 spiro atoms. The zero-order valence-corrected chi connectivity index (χ0v) is 11.7. The monoisotopic (exact) mass is 264 g/mol. The van der Waals surface area contributed by atoms with E-state index in [4.69, 9.17) is 4.42 Å². The normalized spacial score (nSPS) is 15.8. The molecule has 4 nitrogen and oxygen atoms in total. The third kappa shape index (κ3) is 4.10. The van der Waals surface area contributed by atoms with Gasteiger partial charge in [0.15, 0.2) is 0 Å². The van der Waals surface area contributed by atoms with Gasteiger partial charge in [-0.05, 0) is 45.0 Å². The van der Waals surface area contributed by atoms with Crippen molar-refractivity contribution in [3.63, 3.8) is 0 Å². The lowest BCUT2D eigenvalue weighted by Gasteiger charge is -2.28. The first-order chi connectivity index (χ1) is 9.31. The molecule has 106 valence electrons. The van der Waals surface area contributed by atoms with Crippen molar-refractivity contribution >= 4 is 5.91 Å². The highest BCUT2D eigenvalue weighted by molar-refractivity contribution is 5.76. The van der Waals surface area contributed by atoms with Crippen molar-refractivity contribution in [1.82, 2.24) is 10.2 Å². The van der Waals surface area contributed by atoms with Gasteiger partial charge in [0.1, 0.15) is 5.76 Å². The molecule has 0 bridgehead atoms. The van der Waals surface area contributed by atoms with Gasteiger partial charge in [-0.3, -0.25) is 4.79 Å². The van der Waals surface area contributed by atoms with Crippen LogP contribution in [0.15, 0.2) is 22.8 Å². The van der Waals surface area contributed by atoms with Gasteiger partial charge in [-0.25, -0.2) is 0 Å². The Morgan fingerprint density at radius 2 is 2.26 bits per heavy atom. The third-order valence-electron chi connectivity index (χ3n) is 3.81. The lowest BCUT2D eigenvalue weighted by atomic mass is 10.1. The van der Waals surface area contributed by atoms with E-state index in [1.807, 2.05) is 24.1 Å². The topological polar surface area (TPSA) is 45.5 Å². The molecule has 2 rings (SSSR count). The minimum Gasteiger partial charge on any atom is -0.467 e. The van der Waals surface area contributed by atoms with Crippen molar-refractivity contribution in [1.29, 1.82) is 0 Å². The van der Waals surface area contributed by atoms with Crippen LogP contribution in [0.1, 0.15) is 44.3 Å². The maximum Gasteiger partial charge on any atom is 0.223 e. The number of hydrogen-bond donors (Lipinski definition) is 1. The molecule has 1 fully saturated rings. The van der Waals surface area contributed by atoms with Gasteiger partial charge in [0.05, 0.1) is 12.8 Å². The van der Waals surface area contributed by atoms with E-state index >= 15 is 0 Å². The average Bonchev–Trinajstić information content (AvgIpc) is 3.09. The lowest BCUT2D eigenvalue weighted by Crippen LogP contribution is -2.38. The van der Waals surface area contributed by atoms with Gasteiger partial charge in [-0.2, -0.15) is 0 Å². The number of carbonyl (C=O) groups excluding carboxylic acids is 1. The standard InChI is InChI=1S/C15H24N2O2/c1-16-10-4-9-15(18)17(13-6-2-3-7-13)12-14-8-5-11-19-14/h5,8,11,13,16H,2-4,6-7,9-10,12H2,1H3. The number of furan rings is 1. The summed E-state index contributed by atoms with van der Waals surface area (Å²) in [6.45, 7) is 1.51. The molecule has 1 aliphatic rings. The van der Waals surface area contributed by atoms with Crippen LogP contribution >= 0.6 is 0 Å². The number of hydrogen-bond acceptors (Lipinski definition) is 3. The van der Waals surface area contributed by atoms with Crippen molar-refractivity contribution in [3.05, 3.63) is 24.2 Å². The Labute approximate surface area is 115 Å². The zero-order valence-electron chi connectivity index (χ0n) is 11.7. The highest BCUT2D eigenvalue weighted by Gasteiger charge is 2.26. The van der Waals surface area contributed by atoms with Crippen LogP contribution in [-0.2, 0) is 11.3 Å². The summed E-state index contributed by atoms with van der Waals surface area (Å²) in [5, 5.41) is 3.09. The van der Waals surface area contributed by atoms with Crippen molar-refractivity contribution in [3.8, 4) is 0 Å². The first kappa shape index (κ1) is 14.1. The molecule has 1 aliphatic carbocycles. The minimum absolute atomic E-state index is 0.263. The molecule has 1 heterocycles. The first-order valence-electron chi connectivity index (χ1n) is 7.27. The van der Waals surface area contributed by atoms with Crippen LogP contribution in [0.25, 0.3) is 0 Å². The second-order valence-electron chi connectivity index (χ2n) is 5.25. The van der Waals surface area contributed by atoms with Gasteiger partial charge in [0.25, 0.3) is 0 Å². The molecule has 0 aliphatic heterocycles. The fourth-order valence-corrected chi connectivity index (χ4v) is 2.77. The van der Waals surface area contributed by atoms with Crippen LogP contribution in [0.4, 0.5) is 0 Å². The fraction of sp³-hybridized carbons (Fsp3) is 0.667. The SMILES string of the molecule is CNCCCC(=O)N(Cc1ccco1)C1CCCC1. The fourth-order valence-electron chi connectivity index (χ4n) is 2.77. The Bertz CT molecular complexity index is 370. The predicted octanol–water partition coefficient (Wildman–Crippen LogP) is 2.55. The molecule has 0 aromatic carbocycles. The van der Waals surface area contributed by atoms with E-state index in [1.165, 1.54) is 12.8 Å². The van der Waals surface area contributed by atoms with Crippen molar-refractivity contribution in [2.45, 2.75) is 51.1 Å². The summed E-state index contributed by atoms with van der Waals surface area (Å²) in [7, 11) is 1.92. The molecule has 4 heteroatoms. The Balaban J connectivity index is 1.94. The maximum absolute atomic E-state index is 12.4. The number of carbonyl (C=O) groups is 1. The summed E-state index contributed by atoms with van der Waals surface area (Å²) < 4.78 is 5.39. The molecule has 1 N–H and O–H groups in total. The van der Waals surface area contributed by atoms with Crippen LogP contribution in [-0.4, -0.2) is 30.4 Å². The molecule has 0 saturated heterocycles. The van der Waals surface area contributed by atoms with E-state index < -0.39 is 0 Å². The molecule has 1 amide bonds. The summed E-state index contributed by atoms with van der Waals surface area (Å²) in [4.78, 5) is 14.4. The van der Waals surface area contributed by atoms with Gasteiger partial charge in [-0.1, -0.05) is 12.8 Å². The second-order valence-corrected chi connectivity index (χ2v) is 5.25.